The van der Waals surface area contributed by atoms with Crippen molar-refractivity contribution in [3.63, 3.8) is 0 Å². The van der Waals surface area contributed by atoms with Gasteiger partial charge in [0.05, 0.1) is 13.2 Å². The highest BCUT2D eigenvalue weighted by atomic mass is 16.6. The van der Waals surface area contributed by atoms with Crippen molar-refractivity contribution < 1.29 is 18.9 Å². The maximum absolute atomic E-state index is 6.42. The molecule has 0 aromatic heterocycles. The van der Waals surface area contributed by atoms with Crippen molar-refractivity contribution in [2.24, 2.45) is 17.8 Å². The summed E-state index contributed by atoms with van der Waals surface area (Å²) in [5, 5.41) is 0. The normalized spacial score (nSPS) is 37.7. The third-order valence-corrected chi connectivity index (χ3v) is 8.96. The number of hydrogen-bond donors (Lipinski definition) is 0. The Labute approximate surface area is 187 Å². The largest absolute Gasteiger partial charge is 0.487 e. The van der Waals surface area contributed by atoms with Gasteiger partial charge in [-0.2, -0.15) is 0 Å². The minimum atomic E-state index is 0.0340. The average molecular weight is 427 g/mol. The van der Waals surface area contributed by atoms with E-state index in [2.05, 4.69) is 32.9 Å². The summed E-state index contributed by atoms with van der Waals surface area (Å²) in [6.45, 7) is 9.83. The topological polar surface area (TPSA) is 43.5 Å². The molecular formula is C27H38O4. The molecule has 0 radical (unpaired) electrons. The number of rotatable bonds is 9. The van der Waals surface area contributed by atoms with Crippen molar-refractivity contribution in [2.75, 3.05) is 26.4 Å². The summed E-state index contributed by atoms with van der Waals surface area (Å²) < 4.78 is 23.7. The minimum Gasteiger partial charge on any atom is -0.487 e. The fourth-order valence-electron chi connectivity index (χ4n) is 7.01. The molecule has 0 N–H and O–H groups in total. The SMILES string of the molecule is CCC(C)(C)c1cc(C23CC4CC(CC(C4)C2)C3)cc(OCC2CO2)c1OCC1CO1. The van der Waals surface area contributed by atoms with Crippen LogP contribution in [0.15, 0.2) is 12.1 Å². The first-order valence-electron chi connectivity index (χ1n) is 12.6. The van der Waals surface area contributed by atoms with E-state index in [1.165, 1.54) is 49.7 Å². The minimum absolute atomic E-state index is 0.0340. The van der Waals surface area contributed by atoms with Crippen LogP contribution in [0.4, 0.5) is 0 Å². The highest BCUT2D eigenvalue weighted by Crippen LogP contribution is 2.61. The monoisotopic (exact) mass is 426 g/mol. The second-order valence-electron chi connectivity index (χ2n) is 11.8. The van der Waals surface area contributed by atoms with Gasteiger partial charge >= 0.3 is 0 Å². The van der Waals surface area contributed by atoms with Gasteiger partial charge in [-0.3, -0.25) is 0 Å². The molecule has 4 aliphatic carbocycles. The zero-order chi connectivity index (χ0) is 21.2. The van der Waals surface area contributed by atoms with Crippen LogP contribution in [-0.2, 0) is 20.3 Å². The molecule has 2 aliphatic heterocycles. The van der Waals surface area contributed by atoms with Crippen LogP contribution in [0.1, 0.15) is 76.8 Å². The van der Waals surface area contributed by atoms with E-state index in [1.54, 1.807) is 0 Å². The molecule has 4 saturated carbocycles. The van der Waals surface area contributed by atoms with Crippen LogP contribution in [0.5, 0.6) is 11.5 Å². The lowest BCUT2D eigenvalue weighted by atomic mass is 9.48. The lowest BCUT2D eigenvalue weighted by Gasteiger charge is -2.57. The Bertz CT molecular complexity index is 801. The molecule has 1 aromatic carbocycles. The van der Waals surface area contributed by atoms with E-state index in [1.807, 2.05) is 0 Å². The molecule has 4 nitrogen and oxygen atoms in total. The Morgan fingerprint density at radius 2 is 1.45 bits per heavy atom. The van der Waals surface area contributed by atoms with Gasteiger partial charge in [0.15, 0.2) is 11.5 Å². The summed E-state index contributed by atoms with van der Waals surface area (Å²) in [4.78, 5) is 0. The third-order valence-electron chi connectivity index (χ3n) is 8.96. The Balaban J connectivity index is 1.42. The number of epoxide rings is 2. The highest BCUT2D eigenvalue weighted by molar-refractivity contribution is 5.54. The van der Waals surface area contributed by atoms with Gasteiger partial charge in [-0.15, -0.1) is 0 Å². The van der Waals surface area contributed by atoms with Gasteiger partial charge in [-0.25, -0.2) is 0 Å². The fraction of sp³-hybridized carbons (Fsp3) is 0.778. The van der Waals surface area contributed by atoms with Gasteiger partial charge in [0.1, 0.15) is 25.4 Å². The summed E-state index contributed by atoms with van der Waals surface area (Å²) >= 11 is 0. The van der Waals surface area contributed by atoms with Crippen molar-refractivity contribution in [2.45, 2.75) is 88.8 Å². The van der Waals surface area contributed by atoms with Crippen molar-refractivity contribution in [1.82, 2.24) is 0 Å². The van der Waals surface area contributed by atoms with E-state index in [0.29, 0.717) is 18.6 Å². The zero-order valence-corrected chi connectivity index (χ0v) is 19.5. The Hall–Kier alpha value is -1.26. The number of ether oxygens (including phenoxy) is 4. The average Bonchev–Trinajstić information content (AvgIpc) is 3.65. The fourth-order valence-corrected chi connectivity index (χ4v) is 7.01. The molecular weight excluding hydrogens is 388 g/mol. The van der Waals surface area contributed by atoms with Crippen LogP contribution < -0.4 is 9.47 Å². The van der Waals surface area contributed by atoms with Crippen LogP contribution in [0, 0.1) is 17.8 Å². The predicted octanol–water partition coefficient (Wildman–Crippen LogP) is 5.40. The molecule has 2 atom stereocenters. The van der Waals surface area contributed by atoms with Crippen molar-refractivity contribution >= 4 is 0 Å². The van der Waals surface area contributed by atoms with Crippen LogP contribution in [0.3, 0.4) is 0 Å². The first-order chi connectivity index (χ1) is 14.9. The van der Waals surface area contributed by atoms with E-state index in [0.717, 1.165) is 48.9 Å². The Kier molecular flexibility index (Phi) is 4.85. The lowest BCUT2D eigenvalue weighted by molar-refractivity contribution is -0.00539. The summed E-state index contributed by atoms with van der Waals surface area (Å²) in [7, 11) is 0. The first kappa shape index (κ1) is 20.4. The molecule has 31 heavy (non-hydrogen) atoms. The molecule has 2 heterocycles. The molecule has 6 fully saturated rings. The molecule has 6 aliphatic rings. The zero-order valence-electron chi connectivity index (χ0n) is 19.5. The van der Waals surface area contributed by atoms with Gasteiger partial charge in [-0.05, 0) is 85.2 Å². The maximum Gasteiger partial charge on any atom is 0.165 e. The number of hydrogen-bond acceptors (Lipinski definition) is 4. The molecule has 0 amide bonds. The van der Waals surface area contributed by atoms with Gasteiger partial charge in [-0.1, -0.05) is 26.8 Å². The van der Waals surface area contributed by atoms with E-state index in [4.69, 9.17) is 18.9 Å². The van der Waals surface area contributed by atoms with E-state index < -0.39 is 0 Å². The number of benzene rings is 1. The van der Waals surface area contributed by atoms with Crippen LogP contribution in [0.2, 0.25) is 0 Å². The van der Waals surface area contributed by atoms with E-state index in [-0.39, 0.29) is 17.6 Å². The Morgan fingerprint density at radius 1 is 0.903 bits per heavy atom. The molecule has 1 aromatic rings. The summed E-state index contributed by atoms with van der Waals surface area (Å²) in [6, 6.07) is 4.87. The van der Waals surface area contributed by atoms with Crippen LogP contribution >= 0.6 is 0 Å². The lowest BCUT2D eigenvalue weighted by Crippen LogP contribution is -2.48. The van der Waals surface area contributed by atoms with Crippen molar-refractivity contribution in [3.05, 3.63) is 23.3 Å². The van der Waals surface area contributed by atoms with Crippen LogP contribution in [0.25, 0.3) is 0 Å². The molecule has 170 valence electrons. The van der Waals surface area contributed by atoms with Gasteiger partial charge in [0.2, 0.25) is 0 Å². The molecule has 4 bridgehead atoms. The van der Waals surface area contributed by atoms with E-state index >= 15 is 0 Å². The summed E-state index contributed by atoms with van der Waals surface area (Å²) in [5.74, 6) is 4.67. The van der Waals surface area contributed by atoms with Gasteiger partial charge < -0.3 is 18.9 Å². The first-order valence-corrected chi connectivity index (χ1v) is 12.6. The Morgan fingerprint density at radius 3 is 1.97 bits per heavy atom. The molecule has 2 saturated heterocycles. The predicted molar refractivity (Wildman–Crippen MR) is 120 cm³/mol. The molecule has 2 unspecified atom stereocenters. The summed E-state index contributed by atoms with van der Waals surface area (Å²) in [6.07, 6.45) is 10.1. The second kappa shape index (κ2) is 7.38. The maximum atomic E-state index is 6.42. The van der Waals surface area contributed by atoms with Gasteiger partial charge in [0, 0.05) is 5.56 Å². The molecule has 4 heteroatoms. The quantitative estimate of drug-likeness (QED) is 0.496. The van der Waals surface area contributed by atoms with Crippen molar-refractivity contribution in [3.8, 4) is 11.5 Å². The standard InChI is InChI=1S/C27H38O4/c1-4-26(2,3)23-8-20(27-10-17-5-18(11-27)7-19(6-17)12-27)9-24(30-15-21-13-28-21)25(23)31-16-22-14-29-22/h8-9,17-19,21-22H,4-7,10-16H2,1-3H3. The van der Waals surface area contributed by atoms with Crippen LogP contribution in [-0.4, -0.2) is 38.6 Å². The van der Waals surface area contributed by atoms with Gasteiger partial charge in [0.25, 0.3) is 0 Å². The van der Waals surface area contributed by atoms with E-state index in [9.17, 15) is 0 Å². The van der Waals surface area contributed by atoms with Crippen molar-refractivity contribution in [1.29, 1.82) is 0 Å². The highest BCUT2D eigenvalue weighted by Gasteiger charge is 2.52. The summed E-state index contributed by atoms with van der Waals surface area (Å²) in [5.41, 5.74) is 3.21. The molecule has 7 rings (SSSR count). The molecule has 0 spiro atoms. The smallest absolute Gasteiger partial charge is 0.165 e. The third kappa shape index (κ3) is 3.88. The second-order valence-corrected chi connectivity index (χ2v) is 11.8.